The summed E-state index contributed by atoms with van der Waals surface area (Å²) in [5.41, 5.74) is 2.83. The van der Waals surface area contributed by atoms with Crippen LogP contribution in [0.15, 0.2) is 59.6 Å². The van der Waals surface area contributed by atoms with Gasteiger partial charge in [0.25, 0.3) is 0 Å². The molecule has 23 heavy (non-hydrogen) atoms. The third kappa shape index (κ3) is 3.89. The standard InChI is InChI=1S/C18H16N2O2.Cu/c1-2-22-18(21)16-11-13-7-6-8-14(17(13)20-16)12-19-15-9-4-3-5-10-15;/h3-12H,2H2,1H3,(H,19,20,21);/q;+1/p-1. The van der Waals surface area contributed by atoms with Crippen LogP contribution in [-0.2, 0) is 21.8 Å². The molecular formula is C18H15CuN2O2. The van der Waals surface area contributed by atoms with Crippen molar-refractivity contribution in [1.29, 1.82) is 0 Å². The van der Waals surface area contributed by atoms with E-state index in [1.807, 2.05) is 48.5 Å². The minimum atomic E-state index is -0.398. The fraction of sp³-hybridized carbons (Fsp3) is 0.111. The van der Waals surface area contributed by atoms with Gasteiger partial charge in [0, 0.05) is 6.21 Å². The summed E-state index contributed by atoms with van der Waals surface area (Å²) in [6, 6.07) is 17.2. The van der Waals surface area contributed by atoms with Gasteiger partial charge in [0.1, 0.15) is 0 Å². The van der Waals surface area contributed by atoms with Gasteiger partial charge in [-0.1, -0.05) is 42.5 Å². The maximum atomic E-state index is 11.8. The monoisotopic (exact) mass is 354 g/mol. The average Bonchev–Trinajstić information content (AvgIpc) is 2.99. The average molecular weight is 355 g/mol. The van der Waals surface area contributed by atoms with E-state index in [1.165, 1.54) is 0 Å². The van der Waals surface area contributed by atoms with Crippen LogP contribution in [0.5, 0.6) is 0 Å². The Kier molecular flexibility index (Phi) is 5.74. The number of carbonyl (C=O) groups excluding carboxylic acids is 1. The Morgan fingerprint density at radius 2 is 1.96 bits per heavy atom. The first-order valence-corrected chi connectivity index (χ1v) is 7.10. The number of aliphatic imine (C=N–C) groups is 1. The molecule has 3 aromatic rings. The first kappa shape index (κ1) is 17.0. The topological polar surface area (TPSA) is 52.8 Å². The number of benzene rings is 2. The SMILES string of the molecule is CCOC(=O)c1cc2cccc(C=Nc3ccccc3)c2[n-]1.[Cu+]. The van der Waals surface area contributed by atoms with Gasteiger partial charge in [-0.05, 0) is 35.7 Å². The number of hydrogen-bond donors (Lipinski definition) is 0. The molecule has 4 nitrogen and oxygen atoms in total. The third-order valence-corrected chi connectivity index (χ3v) is 3.22. The Labute approximate surface area is 145 Å². The number of esters is 1. The van der Waals surface area contributed by atoms with Gasteiger partial charge < -0.3 is 9.72 Å². The molecule has 0 unspecified atom stereocenters. The number of ether oxygens (including phenoxy) is 1. The second-order valence-corrected chi connectivity index (χ2v) is 4.74. The van der Waals surface area contributed by atoms with E-state index < -0.39 is 5.97 Å². The van der Waals surface area contributed by atoms with Crippen LogP contribution < -0.4 is 4.98 Å². The Balaban J connectivity index is 0.00000192. The summed E-state index contributed by atoms with van der Waals surface area (Å²) in [7, 11) is 0. The van der Waals surface area contributed by atoms with Crippen molar-refractivity contribution < 1.29 is 26.6 Å². The Hall–Kier alpha value is -2.36. The molecule has 0 N–H and O–H groups in total. The minimum Gasteiger partial charge on any atom is -0.651 e. The van der Waals surface area contributed by atoms with Crippen molar-refractivity contribution in [3.8, 4) is 0 Å². The predicted octanol–water partition coefficient (Wildman–Crippen LogP) is 3.72. The zero-order chi connectivity index (χ0) is 15.4. The fourth-order valence-corrected chi connectivity index (χ4v) is 2.20. The molecule has 0 aliphatic heterocycles. The number of carbonyl (C=O) groups is 1. The largest absolute Gasteiger partial charge is 1.00 e. The summed E-state index contributed by atoms with van der Waals surface area (Å²) >= 11 is 0. The predicted molar refractivity (Wildman–Crippen MR) is 86.9 cm³/mol. The van der Waals surface area contributed by atoms with Crippen LogP contribution in [0.25, 0.3) is 10.9 Å². The minimum absolute atomic E-state index is 0. The Morgan fingerprint density at radius 3 is 2.70 bits per heavy atom. The van der Waals surface area contributed by atoms with Crippen molar-refractivity contribution in [1.82, 2.24) is 4.98 Å². The summed E-state index contributed by atoms with van der Waals surface area (Å²) < 4.78 is 4.99. The number of hydrogen-bond acceptors (Lipinski definition) is 3. The summed E-state index contributed by atoms with van der Waals surface area (Å²) in [6.07, 6.45) is 1.76. The molecule has 5 heteroatoms. The zero-order valence-electron chi connectivity index (χ0n) is 12.5. The van der Waals surface area contributed by atoms with E-state index in [0.29, 0.717) is 12.3 Å². The van der Waals surface area contributed by atoms with Crippen molar-refractivity contribution in [3.05, 3.63) is 65.9 Å². The number of para-hydroxylation sites is 2. The van der Waals surface area contributed by atoms with Gasteiger partial charge in [-0.3, -0.25) is 4.99 Å². The van der Waals surface area contributed by atoms with E-state index in [0.717, 1.165) is 22.2 Å². The van der Waals surface area contributed by atoms with Crippen LogP contribution in [0.4, 0.5) is 5.69 Å². The molecule has 120 valence electrons. The van der Waals surface area contributed by atoms with Gasteiger partial charge in [-0.15, -0.1) is 5.52 Å². The van der Waals surface area contributed by atoms with E-state index in [4.69, 9.17) is 4.74 Å². The first-order valence-electron chi connectivity index (χ1n) is 7.10. The van der Waals surface area contributed by atoms with Gasteiger partial charge in [0.2, 0.25) is 0 Å². The smallest absolute Gasteiger partial charge is 0.651 e. The van der Waals surface area contributed by atoms with Crippen molar-refractivity contribution in [2.24, 2.45) is 4.99 Å². The van der Waals surface area contributed by atoms with Gasteiger partial charge in [-0.25, -0.2) is 4.79 Å². The van der Waals surface area contributed by atoms with Crippen LogP contribution in [0.1, 0.15) is 23.0 Å². The molecule has 0 saturated heterocycles. The van der Waals surface area contributed by atoms with Crippen LogP contribution in [0.3, 0.4) is 0 Å². The molecule has 0 aliphatic carbocycles. The second-order valence-electron chi connectivity index (χ2n) is 4.74. The molecule has 0 fully saturated rings. The summed E-state index contributed by atoms with van der Waals surface area (Å²) in [4.78, 5) is 20.6. The zero-order valence-corrected chi connectivity index (χ0v) is 13.4. The molecule has 0 saturated carbocycles. The van der Waals surface area contributed by atoms with E-state index in [9.17, 15) is 4.79 Å². The Morgan fingerprint density at radius 1 is 1.17 bits per heavy atom. The van der Waals surface area contributed by atoms with E-state index in [-0.39, 0.29) is 17.1 Å². The number of fused-ring (bicyclic) bond motifs is 1. The molecule has 0 spiro atoms. The summed E-state index contributed by atoms with van der Waals surface area (Å²) in [5, 5.41) is 0.903. The summed E-state index contributed by atoms with van der Waals surface area (Å²) in [5.74, 6) is -0.398. The van der Waals surface area contributed by atoms with Crippen LogP contribution in [0.2, 0.25) is 0 Å². The number of aromatic nitrogens is 1. The van der Waals surface area contributed by atoms with Gasteiger partial charge >= 0.3 is 23.0 Å². The van der Waals surface area contributed by atoms with Gasteiger partial charge in [-0.2, -0.15) is 0 Å². The fourth-order valence-electron chi connectivity index (χ4n) is 2.20. The van der Waals surface area contributed by atoms with E-state index >= 15 is 0 Å². The molecule has 3 rings (SSSR count). The van der Waals surface area contributed by atoms with Crippen molar-refractivity contribution in [2.45, 2.75) is 6.92 Å². The van der Waals surface area contributed by atoms with E-state index in [2.05, 4.69) is 9.98 Å². The molecule has 2 aromatic carbocycles. The number of nitrogens with zero attached hydrogens (tertiary/aromatic N) is 2. The third-order valence-electron chi connectivity index (χ3n) is 3.22. The molecule has 0 aliphatic rings. The normalized spacial score (nSPS) is 10.7. The molecule has 0 amide bonds. The summed E-state index contributed by atoms with van der Waals surface area (Å²) in [6.45, 7) is 2.11. The van der Waals surface area contributed by atoms with Crippen LogP contribution in [0, 0.1) is 0 Å². The maximum Gasteiger partial charge on any atom is 1.00 e. The second kappa shape index (κ2) is 7.77. The number of rotatable bonds is 4. The maximum absolute atomic E-state index is 11.8. The molecule has 1 heterocycles. The quantitative estimate of drug-likeness (QED) is 0.407. The van der Waals surface area contributed by atoms with Crippen molar-refractivity contribution in [3.63, 3.8) is 0 Å². The molecule has 0 bridgehead atoms. The van der Waals surface area contributed by atoms with E-state index in [1.54, 1.807) is 19.2 Å². The Bertz CT molecular complexity index is 825. The van der Waals surface area contributed by atoms with Crippen molar-refractivity contribution in [2.75, 3.05) is 6.61 Å². The van der Waals surface area contributed by atoms with Crippen LogP contribution >= 0.6 is 0 Å². The molecule has 0 radical (unpaired) electrons. The van der Waals surface area contributed by atoms with Crippen LogP contribution in [-0.4, -0.2) is 18.8 Å². The first-order chi connectivity index (χ1) is 10.8. The molecular weight excluding hydrogens is 340 g/mol. The molecule has 0 atom stereocenters. The van der Waals surface area contributed by atoms with Gasteiger partial charge in [0.15, 0.2) is 0 Å². The van der Waals surface area contributed by atoms with Crippen molar-refractivity contribution >= 4 is 28.8 Å². The van der Waals surface area contributed by atoms with Gasteiger partial charge in [0.05, 0.1) is 12.3 Å². The molecule has 1 aromatic heterocycles.